The Kier molecular flexibility index (Phi) is 4.48. The van der Waals surface area contributed by atoms with Crippen LogP contribution in [0.2, 0.25) is 0 Å². The van der Waals surface area contributed by atoms with Crippen LogP contribution in [0.25, 0.3) is 0 Å². The predicted octanol–water partition coefficient (Wildman–Crippen LogP) is 1.51. The van der Waals surface area contributed by atoms with Gasteiger partial charge in [-0.3, -0.25) is 9.88 Å². The minimum atomic E-state index is 0.436. The van der Waals surface area contributed by atoms with Crippen molar-refractivity contribution in [2.45, 2.75) is 13.5 Å². The number of ether oxygens (including phenoxy) is 1. The second-order valence-electron chi connectivity index (χ2n) is 5.44. The molecule has 1 fully saturated rings. The van der Waals surface area contributed by atoms with E-state index in [1.807, 2.05) is 31.3 Å². The van der Waals surface area contributed by atoms with E-state index in [1.54, 1.807) is 7.11 Å². The average molecular weight is 299 g/mol. The average Bonchev–Trinajstić information content (AvgIpc) is 2.56. The zero-order valence-corrected chi connectivity index (χ0v) is 13.1. The van der Waals surface area contributed by atoms with Crippen LogP contribution in [0.15, 0.2) is 30.5 Å². The minimum Gasteiger partial charge on any atom is -0.467 e. The summed E-state index contributed by atoms with van der Waals surface area (Å²) in [5, 5.41) is 0. The van der Waals surface area contributed by atoms with E-state index in [2.05, 4.69) is 30.8 Å². The molecule has 0 atom stereocenters. The van der Waals surface area contributed by atoms with Gasteiger partial charge in [0.2, 0.25) is 0 Å². The van der Waals surface area contributed by atoms with Gasteiger partial charge in [-0.15, -0.1) is 0 Å². The van der Waals surface area contributed by atoms with Gasteiger partial charge < -0.3 is 9.64 Å². The van der Waals surface area contributed by atoms with Crippen molar-refractivity contribution in [3.05, 3.63) is 41.9 Å². The summed E-state index contributed by atoms with van der Waals surface area (Å²) in [6, 6.07) is 8.51. The van der Waals surface area contributed by atoms with Gasteiger partial charge in [0.15, 0.2) is 0 Å². The maximum absolute atomic E-state index is 5.16. The molecule has 1 aliphatic heterocycles. The summed E-state index contributed by atoms with van der Waals surface area (Å²) in [7, 11) is 1.60. The van der Waals surface area contributed by atoms with Crippen LogP contribution in [0.1, 0.15) is 11.4 Å². The molecule has 0 aliphatic carbocycles. The first-order valence-corrected chi connectivity index (χ1v) is 7.51. The third-order valence-electron chi connectivity index (χ3n) is 3.81. The largest absolute Gasteiger partial charge is 0.467 e. The summed E-state index contributed by atoms with van der Waals surface area (Å²) in [6.07, 6.45) is 1.85. The lowest BCUT2D eigenvalue weighted by Gasteiger charge is -2.35. The monoisotopic (exact) mass is 299 g/mol. The number of rotatable bonds is 4. The molecule has 1 saturated heterocycles. The van der Waals surface area contributed by atoms with Crippen molar-refractivity contribution in [2.24, 2.45) is 0 Å². The summed E-state index contributed by atoms with van der Waals surface area (Å²) in [5.41, 5.74) is 2.05. The van der Waals surface area contributed by atoms with Crippen LogP contribution < -0.4 is 9.64 Å². The van der Waals surface area contributed by atoms with Gasteiger partial charge in [0, 0.05) is 50.7 Å². The zero-order chi connectivity index (χ0) is 15.4. The number of hydrogen-bond donors (Lipinski definition) is 0. The van der Waals surface area contributed by atoms with Crippen molar-refractivity contribution in [3.63, 3.8) is 0 Å². The molecular formula is C16H21N5O. The molecule has 116 valence electrons. The molecule has 2 aromatic heterocycles. The standard InChI is InChI=1S/C16H21N5O/c1-13-11-15(19-16(18-13)22-2)21-9-7-20(8-10-21)12-14-5-3-4-6-17-14/h3-6,11H,7-10,12H2,1-2H3. The maximum Gasteiger partial charge on any atom is 0.318 e. The number of aryl methyl sites for hydroxylation is 1. The van der Waals surface area contributed by atoms with Crippen molar-refractivity contribution in [1.82, 2.24) is 19.9 Å². The van der Waals surface area contributed by atoms with Gasteiger partial charge in [-0.25, -0.2) is 4.98 Å². The van der Waals surface area contributed by atoms with Crippen molar-refractivity contribution < 1.29 is 4.74 Å². The second kappa shape index (κ2) is 6.70. The number of piperazine rings is 1. The van der Waals surface area contributed by atoms with Crippen LogP contribution in [-0.4, -0.2) is 53.1 Å². The van der Waals surface area contributed by atoms with Gasteiger partial charge in [0.05, 0.1) is 12.8 Å². The van der Waals surface area contributed by atoms with Crippen molar-refractivity contribution in [1.29, 1.82) is 0 Å². The van der Waals surface area contributed by atoms with Gasteiger partial charge in [0.1, 0.15) is 5.82 Å². The molecule has 1 aliphatic rings. The van der Waals surface area contributed by atoms with E-state index in [0.717, 1.165) is 49.9 Å². The van der Waals surface area contributed by atoms with E-state index in [-0.39, 0.29) is 0 Å². The first-order chi connectivity index (χ1) is 10.7. The minimum absolute atomic E-state index is 0.436. The van der Waals surface area contributed by atoms with Crippen LogP contribution in [0.4, 0.5) is 5.82 Å². The Morgan fingerprint density at radius 2 is 1.95 bits per heavy atom. The molecule has 0 radical (unpaired) electrons. The molecule has 22 heavy (non-hydrogen) atoms. The Morgan fingerprint density at radius 1 is 1.14 bits per heavy atom. The van der Waals surface area contributed by atoms with E-state index < -0.39 is 0 Å². The molecule has 0 amide bonds. The molecule has 0 bridgehead atoms. The number of anilines is 1. The zero-order valence-electron chi connectivity index (χ0n) is 13.1. The fraction of sp³-hybridized carbons (Fsp3) is 0.438. The van der Waals surface area contributed by atoms with Crippen LogP contribution >= 0.6 is 0 Å². The van der Waals surface area contributed by atoms with Gasteiger partial charge >= 0.3 is 6.01 Å². The molecule has 0 spiro atoms. The Bertz CT molecular complexity index is 611. The highest BCUT2D eigenvalue weighted by Crippen LogP contribution is 2.18. The lowest BCUT2D eigenvalue weighted by Crippen LogP contribution is -2.46. The third kappa shape index (κ3) is 3.51. The molecule has 6 heteroatoms. The summed E-state index contributed by atoms with van der Waals surface area (Å²) >= 11 is 0. The van der Waals surface area contributed by atoms with Crippen molar-refractivity contribution >= 4 is 5.82 Å². The van der Waals surface area contributed by atoms with Crippen molar-refractivity contribution in [2.75, 3.05) is 38.2 Å². The summed E-state index contributed by atoms with van der Waals surface area (Å²) < 4.78 is 5.16. The number of nitrogens with zero attached hydrogens (tertiary/aromatic N) is 5. The first-order valence-electron chi connectivity index (χ1n) is 7.51. The highest BCUT2D eigenvalue weighted by atomic mass is 16.5. The number of hydrogen-bond acceptors (Lipinski definition) is 6. The highest BCUT2D eigenvalue weighted by molar-refractivity contribution is 5.41. The molecule has 2 aromatic rings. The predicted molar refractivity (Wildman–Crippen MR) is 85.0 cm³/mol. The van der Waals surface area contributed by atoms with Crippen molar-refractivity contribution in [3.8, 4) is 6.01 Å². The number of aromatic nitrogens is 3. The lowest BCUT2D eigenvalue weighted by molar-refractivity contribution is 0.246. The smallest absolute Gasteiger partial charge is 0.318 e. The van der Waals surface area contributed by atoms with E-state index in [4.69, 9.17) is 4.74 Å². The third-order valence-corrected chi connectivity index (χ3v) is 3.81. The van der Waals surface area contributed by atoms with Gasteiger partial charge in [-0.2, -0.15) is 4.98 Å². The molecular weight excluding hydrogens is 278 g/mol. The molecule has 3 rings (SSSR count). The van der Waals surface area contributed by atoms with Crippen LogP contribution in [0.5, 0.6) is 6.01 Å². The Morgan fingerprint density at radius 3 is 2.64 bits per heavy atom. The maximum atomic E-state index is 5.16. The second-order valence-corrected chi connectivity index (χ2v) is 5.44. The Labute approximate surface area is 130 Å². The summed E-state index contributed by atoms with van der Waals surface area (Å²) in [5.74, 6) is 0.946. The lowest BCUT2D eigenvalue weighted by atomic mass is 10.2. The SMILES string of the molecule is COc1nc(C)cc(N2CCN(Cc3ccccn3)CC2)n1. The summed E-state index contributed by atoms with van der Waals surface area (Å²) in [6.45, 7) is 6.77. The van der Waals surface area contributed by atoms with Crippen LogP contribution in [0, 0.1) is 6.92 Å². The molecule has 6 nitrogen and oxygen atoms in total. The summed E-state index contributed by atoms with van der Waals surface area (Å²) in [4.78, 5) is 17.8. The molecule has 3 heterocycles. The molecule has 0 saturated carbocycles. The van der Waals surface area contributed by atoms with E-state index in [0.29, 0.717) is 6.01 Å². The molecule has 0 N–H and O–H groups in total. The topological polar surface area (TPSA) is 54.4 Å². The van der Waals surface area contributed by atoms with E-state index in [1.165, 1.54) is 0 Å². The van der Waals surface area contributed by atoms with Crippen LogP contribution in [0.3, 0.4) is 0 Å². The van der Waals surface area contributed by atoms with E-state index >= 15 is 0 Å². The quantitative estimate of drug-likeness (QED) is 0.853. The fourth-order valence-electron chi connectivity index (χ4n) is 2.63. The van der Waals surface area contributed by atoms with E-state index in [9.17, 15) is 0 Å². The Balaban J connectivity index is 1.61. The fourth-order valence-corrected chi connectivity index (χ4v) is 2.63. The molecule has 0 aromatic carbocycles. The van der Waals surface area contributed by atoms with Gasteiger partial charge in [-0.05, 0) is 19.1 Å². The highest BCUT2D eigenvalue weighted by Gasteiger charge is 2.19. The normalized spacial score (nSPS) is 15.8. The number of pyridine rings is 1. The number of methoxy groups -OCH3 is 1. The van der Waals surface area contributed by atoms with Crippen LogP contribution in [-0.2, 0) is 6.54 Å². The Hall–Kier alpha value is -2.21. The van der Waals surface area contributed by atoms with Gasteiger partial charge in [-0.1, -0.05) is 6.07 Å². The van der Waals surface area contributed by atoms with Gasteiger partial charge in [0.25, 0.3) is 0 Å². The molecule has 0 unspecified atom stereocenters. The first kappa shape index (κ1) is 14.7.